The Labute approximate surface area is 171 Å². The number of ether oxygens (including phenoxy) is 2. The molecule has 1 amide bonds. The van der Waals surface area contributed by atoms with Crippen molar-refractivity contribution < 1.29 is 23.8 Å². The minimum Gasteiger partial charge on any atom is -0.486 e. The molecule has 156 valence electrons. The number of aliphatic hydroxyl groups is 1. The van der Waals surface area contributed by atoms with Crippen molar-refractivity contribution in [1.82, 2.24) is 4.90 Å². The van der Waals surface area contributed by atoms with Crippen LogP contribution in [0, 0.1) is 5.82 Å². The lowest BCUT2D eigenvalue weighted by Gasteiger charge is -2.37. The van der Waals surface area contributed by atoms with Crippen molar-refractivity contribution in [2.75, 3.05) is 13.1 Å². The van der Waals surface area contributed by atoms with E-state index in [9.17, 15) is 14.3 Å². The molecule has 3 rings (SSSR count). The first-order chi connectivity index (χ1) is 13.7. The number of aliphatic hydroxyl groups excluding tert-OH is 1. The van der Waals surface area contributed by atoms with Gasteiger partial charge in [0, 0.05) is 12.5 Å². The van der Waals surface area contributed by atoms with E-state index >= 15 is 0 Å². The number of piperidine rings is 1. The number of likely N-dealkylation sites (tertiary alicyclic amines) is 1. The van der Waals surface area contributed by atoms with Crippen molar-refractivity contribution in [3.8, 4) is 5.75 Å². The molecule has 2 aromatic rings. The van der Waals surface area contributed by atoms with Crippen LogP contribution < -0.4 is 4.74 Å². The molecule has 5 nitrogen and oxygen atoms in total. The van der Waals surface area contributed by atoms with E-state index in [4.69, 9.17) is 9.47 Å². The molecule has 0 aliphatic carbocycles. The molecule has 1 aliphatic rings. The molecule has 1 N–H and O–H groups in total. The number of benzene rings is 2. The number of rotatable bonds is 4. The molecule has 0 spiro atoms. The normalized spacial score (nSPS) is 19.7. The van der Waals surface area contributed by atoms with Gasteiger partial charge in [-0.2, -0.15) is 0 Å². The van der Waals surface area contributed by atoms with Gasteiger partial charge >= 0.3 is 6.09 Å². The summed E-state index contributed by atoms with van der Waals surface area (Å²) < 4.78 is 25.5. The van der Waals surface area contributed by atoms with Gasteiger partial charge in [0.15, 0.2) is 11.6 Å². The zero-order valence-electron chi connectivity index (χ0n) is 17.1. The van der Waals surface area contributed by atoms with Gasteiger partial charge in [-0.25, -0.2) is 9.18 Å². The Morgan fingerprint density at radius 2 is 1.93 bits per heavy atom. The fourth-order valence-corrected chi connectivity index (χ4v) is 3.41. The summed E-state index contributed by atoms with van der Waals surface area (Å²) in [4.78, 5) is 13.7. The number of carbonyl (C=O) groups excluding carboxylic acids is 1. The van der Waals surface area contributed by atoms with E-state index in [1.165, 1.54) is 11.0 Å². The quantitative estimate of drug-likeness (QED) is 0.820. The Bertz CT molecular complexity index is 835. The second-order valence-corrected chi connectivity index (χ2v) is 8.35. The van der Waals surface area contributed by atoms with Crippen molar-refractivity contribution >= 4 is 6.09 Å². The lowest BCUT2D eigenvalue weighted by atomic mass is 9.87. The highest BCUT2D eigenvalue weighted by Gasteiger charge is 2.33. The van der Waals surface area contributed by atoms with Crippen LogP contribution in [-0.2, 0) is 11.3 Å². The monoisotopic (exact) mass is 401 g/mol. The Hall–Kier alpha value is -2.60. The summed E-state index contributed by atoms with van der Waals surface area (Å²) in [6, 6.07) is 14.4. The highest BCUT2D eigenvalue weighted by Crippen LogP contribution is 2.32. The van der Waals surface area contributed by atoms with Crippen LogP contribution in [0.5, 0.6) is 5.75 Å². The van der Waals surface area contributed by atoms with Crippen molar-refractivity contribution in [3.05, 3.63) is 65.5 Å². The predicted octanol–water partition coefficient (Wildman–Crippen LogP) is 4.49. The zero-order valence-corrected chi connectivity index (χ0v) is 17.1. The summed E-state index contributed by atoms with van der Waals surface area (Å²) in [6.07, 6.45) is -0.693. The minimum absolute atomic E-state index is 0.160. The van der Waals surface area contributed by atoms with Crippen LogP contribution in [0.3, 0.4) is 0 Å². The van der Waals surface area contributed by atoms with Crippen LogP contribution in [0.1, 0.15) is 44.2 Å². The summed E-state index contributed by atoms with van der Waals surface area (Å²) in [6.45, 7) is 6.31. The van der Waals surface area contributed by atoms with Crippen LogP contribution in [0.2, 0.25) is 0 Å². The van der Waals surface area contributed by atoms with Crippen LogP contribution in [0.25, 0.3) is 0 Å². The molecule has 0 saturated carbocycles. The maximum atomic E-state index is 14.5. The Balaban J connectivity index is 1.61. The van der Waals surface area contributed by atoms with Gasteiger partial charge in [0.25, 0.3) is 0 Å². The van der Waals surface area contributed by atoms with Gasteiger partial charge in [-0.3, -0.25) is 0 Å². The molecular weight excluding hydrogens is 373 g/mol. The first kappa shape index (κ1) is 21.1. The van der Waals surface area contributed by atoms with Gasteiger partial charge in [-0.15, -0.1) is 0 Å². The second-order valence-electron chi connectivity index (χ2n) is 8.35. The Kier molecular flexibility index (Phi) is 6.42. The summed E-state index contributed by atoms with van der Waals surface area (Å²) in [5, 5.41) is 10.5. The van der Waals surface area contributed by atoms with Crippen molar-refractivity contribution in [1.29, 1.82) is 0 Å². The number of halogens is 1. The van der Waals surface area contributed by atoms with E-state index in [2.05, 4.69) is 0 Å². The Morgan fingerprint density at radius 3 is 2.55 bits per heavy atom. The molecule has 1 heterocycles. The van der Waals surface area contributed by atoms with Gasteiger partial charge in [-0.1, -0.05) is 36.4 Å². The third-order valence-electron chi connectivity index (χ3n) is 4.85. The number of hydrogen-bond acceptors (Lipinski definition) is 4. The number of β-amino-alcohol motifs (C(OH)–C–C–N with tert-alkyl or cyclic N) is 1. The second kappa shape index (κ2) is 8.82. The molecule has 0 unspecified atom stereocenters. The highest BCUT2D eigenvalue weighted by atomic mass is 19.1. The summed E-state index contributed by atoms with van der Waals surface area (Å²) in [5.41, 5.74) is 1.07. The first-order valence-corrected chi connectivity index (χ1v) is 9.85. The lowest BCUT2D eigenvalue weighted by Crippen LogP contribution is -2.47. The van der Waals surface area contributed by atoms with Crippen molar-refractivity contribution in [2.24, 2.45) is 0 Å². The van der Waals surface area contributed by atoms with E-state index in [0.29, 0.717) is 18.5 Å². The molecular formula is C23H28FNO4. The fraction of sp³-hybridized carbons (Fsp3) is 0.435. The lowest BCUT2D eigenvalue weighted by molar-refractivity contribution is -0.00155. The molecule has 1 aliphatic heterocycles. The molecule has 0 radical (unpaired) electrons. The molecule has 0 aromatic heterocycles. The third-order valence-corrected chi connectivity index (χ3v) is 4.85. The number of amides is 1. The maximum absolute atomic E-state index is 14.5. The van der Waals surface area contributed by atoms with Crippen LogP contribution in [0.4, 0.5) is 9.18 Å². The third kappa shape index (κ3) is 5.70. The molecule has 29 heavy (non-hydrogen) atoms. The van der Waals surface area contributed by atoms with Crippen LogP contribution in [-0.4, -0.2) is 40.9 Å². The molecule has 1 saturated heterocycles. The summed E-state index contributed by atoms with van der Waals surface area (Å²) in [7, 11) is 0. The zero-order chi connectivity index (χ0) is 21.0. The van der Waals surface area contributed by atoms with Gasteiger partial charge in [-0.05, 0) is 50.5 Å². The number of hydrogen-bond donors (Lipinski definition) is 1. The first-order valence-electron chi connectivity index (χ1n) is 9.85. The number of carbonyl (C=O) groups is 1. The predicted molar refractivity (Wildman–Crippen MR) is 108 cm³/mol. The van der Waals surface area contributed by atoms with Crippen LogP contribution in [0.15, 0.2) is 48.5 Å². The highest BCUT2D eigenvalue weighted by molar-refractivity contribution is 5.68. The standard InChI is InChI=1S/C23H28FNO4/c1-23(2,3)29-22(27)25-12-11-18(20(26)14-25)17-9-10-21(19(24)13-17)28-15-16-7-5-4-6-8-16/h4-10,13,18,20,26H,11-12,14-15H2,1-3H3/t18-,20+/m0/s1. The molecule has 6 heteroatoms. The van der Waals surface area contributed by atoms with Gasteiger partial charge in [0.1, 0.15) is 12.2 Å². The van der Waals surface area contributed by atoms with Gasteiger partial charge in [0.05, 0.1) is 12.6 Å². The van der Waals surface area contributed by atoms with Gasteiger partial charge in [0.2, 0.25) is 0 Å². The van der Waals surface area contributed by atoms with Crippen LogP contribution >= 0.6 is 0 Å². The van der Waals surface area contributed by atoms with E-state index in [1.807, 2.05) is 30.3 Å². The summed E-state index contributed by atoms with van der Waals surface area (Å²) in [5.74, 6) is -0.523. The molecule has 1 fully saturated rings. The van der Waals surface area contributed by atoms with Crippen molar-refractivity contribution in [2.45, 2.75) is 51.4 Å². The molecule has 0 bridgehead atoms. The van der Waals surface area contributed by atoms with E-state index in [1.54, 1.807) is 32.9 Å². The summed E-state index contributed by atoms with van der Waals surface area (Å²) >= 11 is 0. The van der Waals surface area contributed by atoms with E-state index in [-0.39, 0.29) is 24.8 Å². The largest absolute Gasteiger partial charge is 0.486 e. The van der Waals surface area contributed by atoms with Crippen molar-refractivity contribution in [3.63, 3.8) is 0 Å². The maximum Gasteiger partial charge on any atom is 0.410 e. The topological polar surface area (TPSA) is 59.0 Å². The Morgan fingerprint density at radius 1 is 1.21 bits per heavy atom. The molecule has 2 atom stereocenters. The SMILES string of the molecule is CC(C)(C)OC(=O)N1CC[C@@H](c2ccc(OCc3ccccc3)c(F)c2)[C@H](O)C1. The van der Waals surface area contributed by atoms with Gasteiger partial charge < -0.3 is 19.5 Å². The van der Waals surface area contributed by atoms with E-state index in [0.717, 1.165) is 5.56 Å². The van der Waals surface area contributed by atoms with E-state index < -0.39 is 23.6 Å². The number of nitrogens with zero attached hydrogens (tertiary/aromatic N) is 1. The fourth-order valence-electron chi connectivity index (χ4n) is 3.41. The average Bonchev–Trinajstić information content (AvgIpc) is 2.66. The molecule has 2 aromatic carbocycles. The smallest absolute Gasteiger partial charge is 0.410 e. The minimum atomic E-state index is -0.785. The average molecular weight is 401 g/mol.